The average molecular weight is 144 g/mol. The molecule has 0 aliphatic heterocycles. The molecule has 0 aromatic rings. The van der Waals surface area contributed by atoms with Crippen LogP contribution in [0.15, 0.2) is 10.5 Å². The number of hydrogen-bond acceptors (Lipinski definition) is 3. The van der Waals surface area contributed by atoms with E-state index in [9.17, 15) is 0 Å². The summed E-state index contributed by atoms with van der Waals surface area (Å²) in [4.78, 5) is 4.06. The van der Waals surface area contributed by atoms with E-state index in [1.807, 2.05) is 0 Å². The van der Waals surface area contributed by atoms with E-state index in [2.05, 4.69) is 21.2 Å². The Morgan fingerprint density at radius 1 is 1.57 bits per heavy atom. The number of nitrogens with zero attached hydrogens (tertiary/aromatic N) is 2. The van der Waals surface area contributed by atoms with Crippen LogP contribution in [0.4, 0.5) is 0 Å². The maximum Gasteiger partial charge on any atom is 0.276 e. The second kappa shape index (κ2) is 3.95. The van der Waals surface area contributed by atoms with Gasteiger partial charge in [0.05, 0.1) is 0 Å². The van der Waals surface area contributed by atoms with Crippen molar-refractivity contribution >= 4 is 23.2 Å². The molecule has 0 spiro atoms. The van der Waals surface area contributed by atoms with Crippen LogP contribution in [-0.4, -0.2) is 5.02 Å². The number of nitrogens with two attached hydrogens (primary N) is 1. The van der Waals surface area contributed by atoms with Crippen LogP contribution in [0.2, 0.25) is 0 Å². The number of hydrogen-bond donors (Lipinski definition) is 1. The summed E-state index contributed by atoms with van der Waals surface area (Å²) in [5, 5.41) is 4.53. The van der Waals surface area contributed by atoms with Crippen LogP contribution >= 0.6 is 23.2 Å². The second-order valence-corrected chi connectivity index (χ2v) is 1.58. The van der Waals surface area contributed by atoms with Crippen molar-refractivity contribution in [1.82, 2.24) is 0 Å². The molecule has 0 radical (unpaired) electrons. The third kappa shape index (κ3) is 5.78. The Morgan fingerprint density at radius 2 is 2.14 bits per heavy atom. The third-order valence-electron chi connectivity index (χ3n) is 0.174. The lowest BCUT2D eigenvalue weighted by Crippen LogP contribution is -1.87. The molecule has 0 atom stereocenters. The molecule has 7 heavy (non-hydrogen) atoms. The molecular weight excluding hydrogens is 141 g/mol. The first-order valence-electron chi connectivity index (χ1n) is 1.31. The summed E-state index contributed by atoms with van der Waals surface area (Å²) in [7, 11) is 0. The minimum Gasteiger partial charge on any atom is -0.341 e. The summed E-state index contributed by atoms with van der Waals surface area (Å²) < 4.78 is 0. The fourth-order valence-corrected chi connectivity index (χ4v) is 0.134. The average Bonchev–Trinajstić information content (AvgIpc) is 1.61. The predicted octanol–water partition coefficient (Wildman–Crippen LogP) is 1.01. The van der Waals surface area contributed by atoms with Gasteiger partial charge in [0.25, 0.3) is 5.02 Å². The number of alkyl halides is 2. The highest BCUT2D eigenvalue weighted by molar-refractivity contribution is 6.43. The Labute approximate surface area is 50.2 Å². The van der Waals surface area contributed by atoms with Gasteiger partial charge >= 0.3 is 0 Å². The lowest BCUT2D eigenvalue weighted by molar-refractivity contribution is 0.142. The van der Waals surface area contributed by atoms with E-state index in [0.29, 0.717) is 0 Å². The molecular formula is CH3Cl2N3O. The van der Waals surface area contributed by atoms with Gasteiger partial charge in [0.15, 0.2) is 0 Å². The Bertz CT molecular complexity index is 64.0. The summed E-state index contributed by atoms with van der Waals surface area (Å²) >= 11 is 9.98. The summed E-state index contributed by atoms with van der Waals surface area (Å²) in [6, 6.07) is 0. The molecule has 0 aliphatic rings. The maximum absolute atomic E-state index is 4.99. The van der Waals surface area contributed by atoms with Crippen LogP contribution in [0, 0.1) is 0 Å². The van der Waals surface area contributed by atoms with Crippen molar-refractivity contribution in [2.24, 2.45) is 16.3 Å². The molecule has 0 aliphatic carbocycles. The van der Waals surface area contributed by atoms with Crippen LogP contribution in [-0.2, 0) is 4.84 Å². The molecule has 0 aromatic carbocycles. The zero-order valence-corrected chi connectivity index (χ0v) is 4.73. The van der Waals surface area contributed by atoms with Crippen molar-refractivity contribution in [3.05, 3.63) is 0 Å². The van der Waals surface area contributed by atoms with Gasteiger partial charge in [0.1, 0.15) is 0 Å². The van der Waals surface area contributed by atoms with Crippen molar-refractivity contribution in [1.29, 1.82) is 0 Å². The first-order valence-corrected chi connectivity index (χ1v) is 2.19. The largest absolute Gasteiger partial charge is 0.341 e. The lowest BCUT2D eigenvalue weighted by atomic mass is 11.7. The minimum atomic E-state index is -0.993. The van der Waals surface area contributed by atoms with Gasteiger partial charge < -0.3 is 10.7 Å². The monoisotopic (exact) mass is 143 g/mol. The van der Waals surface area contributed by atoms with Gasteiger partial charge in [-0.3, -0.25) is 0 Å². The van der Waals surface area contributed by atoms with E-state index in [1.54, 1.807) is 0 Å². The van der Waals surface area contributed by atoms with E-state index in [-0.39, 0.29) is 0 Å². The quantitative estimate of drug-likeness (QED) is 0.272. The van der Waals surface area contributed by atoms with E-state index < -0.39 is 5.02 Å². The van der Waals surface area contributed by atoms with Gasteiger partial charge in [0.2, 0.25) is 0 Å². The maximum atomic E-state index is 4.99. The van der Waals surface area contributed by atoms with Crippen LogP contribution in [0.1, 0.15) is 0 Å². The molecule has 0 rings (SSSR count). The number of halogens is 2. The summed E-state index contributed by atoms with van der Waals surface area (Å²) in [6.45, 7) is 0. The SMILES string of the molecule is NN=NOC(Cl)Cl. The highest BCUT2D eigenvalue weighted by Crippen LogP contribution is 2.02. The summed E-state index contributed by atoms with van der Waals surface area (Å²) in [5.41, 5.74) is 0. The molecule has 0 aromatic heterocycles. The van der Waals surface area contributed by atoms with Gasteiger partial charge in [-0.15, -0.1) is 0 Å². The fraction of sp³-hybridized carbons (Fsp3) is 1.00. The van der Waals surface area contributed by atoms with Crippen molar-refractivity contribution in [2.45, 2.75) is 5.02 Å². The molecule has 0 saturated heterocycles. The van der Waals surface area contributed by atoms with Gasteiger partial charge in [-0.05, 0) is 5.22 Å². The zero-order chi connectivity index (χ0) is 5.70. The smallest absolute Gasteiger partial charge is 0.276 e. The van der Waals surface area contributed by atoms with Crippen LogP contribution < -0.4 is 5.84 Å². The molecule has 0 amide bonds. The van der Waals surface area contributed by atoms with Gasteiger partial charge in [-0.1, -0.05) is 23.2 Å². The molecule has 42 valence electrons. The van der Waals surface area contributed by atoms with Gasteiger partial charge in [0, 0.05) is 5.28 Å². The van der Waals surface area contributed by atoms with Gasteiger partial charge in [-0.25, -0.2) is 0 Å². The normalized spacial score (nSPS) is 10.7. The highest BCUT2D eigenvalue weighted by Gasteiger charge is 1.92. The van der Waals surface area contributed by atoms with E-state index in [0.717, 1.165) is 0 Å². The Kier molecular flexibility index (Phi) is 3.83. The van der Waals surface area contributed by atoms with Gasteiger partial charge in [-0.2, -0.15) is 0 Å². The Balaban J connectivity index is 2.97. The number of rotatable bonds is 2. The molecule has 0 saturated carbocycles. The Hall–Kier alpha value is -0.220. The molecule has 2 N–H and O–H groups in total. The van der Waals surface area contributed by atoms with E-state index in [4.69, 9.17) is 23.2 Å². The van der Waals surface area contributed by atoms with Crippen LogP contribution in [0.25, 0.3) is 0 Å². The van der Waals surface area contributed by atoms with Crippen LogP contribution in [0.5, 0.6) is 0 Å². The van der Waals surface area contributed by atoms with Crippen molar-refractivity contribution in [3.8, 4) is 0 Å². The Morgan fingerprint density at radius 3 is 2.29 bits per heavy atom. The van der Waals surface area contributed by atoms with E-state index in [1.165, 1.54) is 0 Å². The summed E-state index contributed by atoms with van der Waals surface area (Å²) in [5.74, 6) is 4.49. The highest BCUT2D eigenvalue weighted by atomic mass is 35.5. The van der Waals surface area contributed by atoms with Crippen molar-refractivity contribution in [3.63, 3.8) is 0 Å². The molecule has 4 nitrogen and oxygen atoms in total. The standard InChI is InChI=1S/CH3Cl2N3O/c2-1(3)7-6-5-4/h1H,(H2,4,6). The fourth-order valence-electron chi connectivity index (χ4n) is 0.0629. The minimum absolute atomic E-state index is 0.993. The van der Waals surface area contributed by atoms with Crippen molar-refractivity contribution < 1.29 is 4.84 Å². The third-order valence-corrected chi connectivity index (χ3v) is 0.333. The predicted molar refractivity (Wildman–Crippen MR) is 25.6 cm³/mol. The van der Waals surface area contributed by atoms with Crippen LogP contribution in [0.3, 0.4) is 0 Å². The van der Waals surface area contributed by atoms with E-state index >= 15 is 0 Å². The lowest BCUT2D eigenvalue weighted by Gasteiger charge is -1.90. The molecule has 0 bridgehead atoms. The van der Waals surface area contributed by atoms with Crippen molar-refractivity contribution in [2.75, 3.05) is 0 Å². The molecule has 6 heteroatoms. The topological polar surface area (TPSA) is 60.0 Å². The molecule has 0 heterocycles. The first kappa shape index (κ1) is 6.78. The summed E-state index contributed by atoms with van der Waals surface area (Å²) in [6.07, 6.45) is 0. The first-order chi connectivity index (χ1) is 3.27. The molecule has 0 unspecified atom stereocenters. The second-order valence-electron chi connectivity index (χ2n) is 0.563. The molecule has 0 fully saturated rings. The zero-order valence-electron chi connectivity index (χ0n) is 3.21.